The summed E-state index contributed by atoms with van der Waals surface area (Å²) >= 11 is 0. The Hall–Kier alpha value is 1.04. The molecule has 16 heavy (non-hydrogen) atoms. The summed E-state index contributed by atoms with van der Waals surface area (Å²) in [5.74, 6) is 0. The molecule has 0 amide bonds. The van der Waals surface area contributed by atoms with Gasteiger partial charge in [0.1, 0.15) is 0 Å². The summed E-state index contributed by atoms with van der Waals surface area (Å²) in [6, 6.07) is 0. The van der Waals surface area contributed by atoms with Crippen molar-refractivity contribution in [2.75, 3.05) is 0 Å². The molecule has 0 rings (SSSR count). The van der Waals surface area contributed by atoms with Crippen molar-refractivity contribution in [2.45, 2.75) is 0 Å². The Labute approximate surface area is 103 Å². The van der Waals surface area contributed by atoms with Gasteiger partial charge in [0, 0.05) is 0 Å². The Bertz CT molecular complexity index is 202. The molecule has 0 aromatic heterocycles. The Balaban J connectivity index is -0.0000000655. The molecule has 0 aromatic carbocycles. The van der Waals surface area contributed by atoms with Gasteiger partial charge >= 0.3 is 21.7 Å². The molecule has 1 radical (unpaired) electrons. The van der Waals surface area contributed by atoms with E-state index in [1.807, 2.05) is 0 Å². The minimum atomic E-state index is -4.89. The van der Waals surface area contributed by atoms with E-state index in [0.29, 0.717) is 0 Å². The van der Waals surface area contributed by atoms with Crippen molar-refractivity contribution in [3.8, 4) is 0 Å². The summed E-state index contributed by atoms with van der Waals surface area (Å²) in [6.07, 6.45) is 0. The molecule has 0 fully saturated rings. The van der Waals surface area contributed by atoms with Crippen LogP contribution in [0, 0.1) is 0 Å². The second-order valence-electron chi connectivity index (χ2n) is 1.47. The largest absolute Gasteiger partial charge is 3.00 e. The Morgan fingerprint density at radius 1 is 0.562 bits per heavy atom. The smallest absolute Gasteiger partial charge is 0.756 e. The summed E-state index contributed by atoms with van der Waals surface area (Å²) in [6.45, 7) is 0. The number of phosphoric acid groups is 3. The van der Waals surface area contributed by atoms with Crippen LogP contribution >= 0.6 is 23.5 Å². The van der Waals surface area contributed by atoms with Gasteiger partial charge in [-0.05, 0) is 0 Å². The van der Waals surface area contributed by atoms with Gasteiger partial charge in [-0.2, -0.15) is 0 Å². The van der Waals surface area contributed by atoms with Crippen molar-refractivity contribution in [1.29, 1.82) is 0 Å². The molecule has 0 atom stereocenters. The first-order chi connectivity index (χ1) is 6.00. The fourth-order valence-corrected chi connectivity index (χ4v) is 0. The predicted octanol–water partition coefficient (Wildman–Crippen LogP) is -4.68. The molecule has 0 unspecified atom stereocenters. The molecule has 97 valence electrons. The van der Waals surface area contributed by atoms with Crippen LogP contribution in [0.1, 0.15) is 0 Å². The van der Waals surface area contributed by atoms with Gasteiger partial charge in [0.2, 0.25) is 0 Å². The van der Waals surface area contributed by atoms with Gasteiger partial charge in [0.15, 0.2) is 0 Å². The van der Waals surface area contributed by atoms with E-state index >= 15 is 0 Å². The Morgan fingerprint density at radius 2 is 0.562 bits per heavy atom. The van der Waals surface area contributed by atoms with Gasteiger partial charge in [-0.25, -0.2) is 0 Å². The van der Waals surface area contributed by atoms with Crippen molar-refractivity contribution in [2.24, 2.45) is 0 Å². The molecule has 0 bridgehead atoms. The fourth-order valence-electron chi connectivity index (χ4n) is 0. The maximum atomic E-state index is 8.77. The fraction of sp³-hybridized carbons (Fsp3) is 0. The van der Waals surface area contributed by atoms with Gasteiger partial charge in [-0.15, -0.1) is 0 Å². The van der Waals surface area contributed by atoms with Gasteiger partial charge in [0.25, 0.3) is 23.5 Å². The maximum absolute atomic E-state index is 8.77. The van der Waals surface area contributed by atoms with Crippen molar-refractivity contribution in [3.63, 3.8) is 0 Å². The van der Waals surface area contributed by atoms with E-state index in [2.05, 4.69) is 0 Å². The van der Waals surface area contributed by atoms with Gasteiger partial charge in [0.05, 0.1) is 0 Å². The van der Waals surface area contributed by atoms with E-state index in [4.69, 9.17) is 57.7 Å². The summed E-state index contributed by atoms with van der Waals surface area (Å²) in [4.78, 5) is 68.8. The van der Waals surface area contributed by atoms with E-state index in [1.165, 1.54) is 0 Å². The molecule has 0 aliphatic heterocycles. The first kappa shape index (κ1) is 25.8. The van der Waals surface area contributed by atoms with Crippen molar-refractivity contribution in [3.05, 3.63) is 0 Å². The molecule has 6 N–H and O–H groups in total. The monoisotopic (exact) mass is 339 g/mol. The normalized spacial score (nSPS) is 11.1. The van der Waals surface area contributed by atoms with Crippen LogP contribution in [-0.2, 0) is 35.4 Å². The molecular formula is H6O12P3Ti. The first-order valence-corrected chi connectivity index (χ1v) is 6.89. The first-order valence-electron chi connectivity index (χ1n) is 2.30. The van der Waals surface area contributed by atoms with Crippen LogP contribution in [0.4, 0.5) is 0 Å². The zero-order chi connectivity index (χ0) is 13.5. The third kappa shape index (κ3) is 2720. The van der Waals surface area contributed by atoms with Crippen LogP contribution in [0.3, 0.4) is 0 Å². The zero-order valence-electron chi connectivity index (χ0n) is 6.97. The molecule has 0 spiro atoms. The predicted molar refractivity (Wildman–Crippen MR) is 36.1 cm³/mol. The average Bonchev–Trinajstić information content (AvgIpc) is 1.41. The van der Waals surface area contributed by atoms with E-state index in [9.17, 15) is 0 Å². The summed E-state index contributed by atoms with van der Waals surface area (Å²) in [5.41, 5.74) is 0. The third-order valence-electron chi connectivity index (χ3n) is 0. The van der Waals surface area contributed by atoms with E-state index < -0.39 is 23.5 Å². The second-order valence-corrected chi connectivity index (χ2v) is 4.42. The summed E-state index contributed by atoms with van der Waals surface area (Å²) in [5, 5.41) is 0. The van der Waals surface area contributed by atoms with Crippen LogP contribution in [0.25, 0.3) is 0 Å². The van der Waals surface area contributed by atoms with E-state index in [0.717, 1.165) is 0 Å². The van der Waals surface area contributed by atoms with Crippen molar-refractivity contribution in [1.82, 2.24) is 0 Å². The van der Waals surface area contributed by atoms with Crippen LogP contribution in [-0.4, -0.2) is 29.4 Å². The standard InChI is InChI=1S/3H3O4P.Ti/c3*1-5(2,3)4;/h3*(H3,1,2,3,4);/q;;;+3/p-3. The molecule has 16 heteroatoms. The molecular weight excluding hydrogens is 333 g/mol. The molecule has 0 heterocycles. The topological polar surface area (TPSA) is 242 Å². The minimum Gasteiger partial charge on any atom is -0.756 e. The van der Waals surface area contributed by atoms with Crippen LogP contribution < -0.4 is 14.7 Å². The molecule has 0 aromatic rings. The van der Waals surface area contributed by atoms with Crippen molar-refractivity contribution < 1.29 is 79.5 Å². The van der Waals surface area contributed by atoms with Crippen molar-refractivity contribution >= 4 is 23.5 Å². The quantitative estimate of drug-likeness (QED) is 0.180. The summed E-state index contributed by atoms with van der Waals surface area (Å²) < 4.78 is 26.3. The minimum absolute atomic E-state index is 0. The Morgan fingerprint density at radius 3 is 0.562 bits per heavy atom. The van der Waals surface area contributed by atoms with E-state index in [-0.39, 0.29) is 21.7 Å². The van der Waals surface area contributed by atoms with Gasteiger partial charge in [-0.3, -0.25) is 13.7 Å². The Kier molecular flexibility index (Phi) is 16.1. The van der Waals surface area contributed by atoms with Crippen LogP contribution in [0.15, 0.2) is 0 Å². The maximum Gasteiger partial charge on any atom is 3.00 e. The average molecular weight is 339 g/mol. The third-order valence-corrected chi connectivity index (χ3v) is 0. The zero-order valence-corrected chi connectivity index (χ0v) is 11.2. The number of hydrogen-bond donors (Lipinski definition) is 6. The molecule has 0 aliphatic rings. The molecule has 0 aliphatic carbocycles. The number of rotatable bonds is 0. The van der Waals surface area contributed by atoms with Gasteiger partial charge in [-0.1, -0.05) is 0 Å². The van der Waals surface area contributed by atoms with Crippen LogP contribution in [0.5, 0.6) is 0 Å². The SMILES string of the molecule is O=P([O-])(O)O.O=P([O-])(O)O.O=P([O-])(O)O.[Ti+3]. The molecule has 0 saturated heterocycles. The van der Waals surface area contributed by atoms with Crippen LogP contribution in [0.2, 0.25) is 0 Å². The molecule has 0 saturated carbocycles. The van der Waals surface area contributed by atoms with E-state index in [1.54, 1.807) is 0 Å². The molecule has 12 nitrogen and oxygen atoms in total. The summed E-state index contributed by atoms with van der Waals surface area (Å²) in [7, 11) is -14.7. The number of hydrogen-bond acceptors (Lipinski definition) is 6. The van der Waals surface area contributed by atoms with Gasteiger partial charge < -0.3 is 44.0 Å². The second kappa shape index (κ2) is 10.0.